The lowest BCUT2D eigenvalue weighted by atomic mass is 10.00. The van der Waals surface area contributed by atoms with Crippen molar-refractivity contribution < 1.29 is 28.2 Å². The van der Waals surface area contributed by atoms with Gasteiger partial charge in [-0.25, -0.2) is 14.0 Å². The lowest BCUT2D eigenvalue weighted by Crippen LogP contribution is -2.50. The number of piperidine rings is 1. The number of rotatable bonds is 3. The number of halogens is 1. The summed E-state index contributed by atoms with van der Waals surface area (Å²) in [6.45, 7) is 5.56. The Morgan fingerprint density at radius 3 is 2.21 bits per heavy atom. The third-order valence-corrected chi connectivity index (χ3v) is 4.89. The number of esters is 1. The summed E-state index contributed by atoms with van der Waals surface area (Å²) >= 11 is 0. The van der Waals surface area contributed by atoms with Gasteiger partial charge in [0.05, 0.1) is 12.7 Å². The van der Waals surface area contributed by atoms with Gasteiger partial charge in [0.2, 0.25) is 0 Å². The van der Waals surface area contributed by atoms with E-state index in [-0.39, 0.29) is 29.8 Å². The topological polar surface area (TPSA) is 65.1 Å². The Kier molecular flexibility index (Phi) is 7.12. The quantitative estimate of drug-likeness (QED) is 0.558. The Morgan fingerprint density at radius 1 is 1.10 bits per heavy atom. The molecular weight excluding hydrogens is 377 g/mol. The van der Waals surface area contributed by atoms with Gasteiger partial charge in [-0.05, 0) is 45.7 Å². The number of nitrogens with zero attached hydrogens (tertiary/aromatic N) is 1. The van der Waals surface area contributed by atoms with Crippen LogP contribution in [0.3, 0.4) is 0 Å². The van der Waals surface area contributed by atoms with Crippen LogP contribution in [0.2, 0.25) is 0 Å². The Morgan fingerprint density at radius 2 is 1.69 bits per heavy atom. The maximum atomic E-state index is 13.8. The predicted molar refractivity (Wildman–Crippen MR) is 106 cm³/mol. The maximum Gasteiger partial charge on any atom is 0.410 e. The van der Waals surface area contributed by atoms with Crippen LogP contribution in [0.25, 0.3) is 0 Å². The van der Waals surface area contributed by atoms with Crippen molar-refractivity contribution in [2.45, 2.75) is 70.2 Å². The first-order valence-corrected chi connectivity index (χ1v) is 9.56. The summed E-state index contributed by atoms with van der Waals surface area (Å²) in [6, 6.07) is 3.97. The molecule has 0 spiro atoms. The molecule has 2 heterocycles. The van der Waals surface area contributed by atoms with Crippen LogP contribution >= 0.6 is 0 Å². The molecular formula is C22H28FNO5. The van der Waals surface area contributed by atoms with E-state index in [4.69, 9.17) is 9.47 Å². The lowest BCUT2D eigenvalue weighted by Gasteiger charge is -2.39. The molecule has 0 aromatic heterocycles. The Bertz CT molecular complexity index is 756. The van der Waals surface area contributed by atoms with Crippen LogP contribution < -0.4 is 4.74 Å². The number of ether oxygens (including phenoxy) is 3. The van der Waals surface area contributed by atoms with E-state index in [0.717, 1.165) is 18.9 Å². The smallest absolute Gasteiger partial charge is 0.410 e. The van der Waals surface area contributed by atoms with E-state index in [2.05, 4.69) is 17.6 Å². The Hall–Kier alpha value is -2.75. The highest BCUT2D eigenvalue weighted by molar-refractivity contribution is 5.89. The average molecular weight is 405 g/mol. The highest BCUT2D eigenvalue weighted by Gasteiger charge is 2.45. The van der Waals surface area contributed by atoms with Crippen molar-refractivity contribution in [3.63, 3.8) is 0 Å². The first-order valence-electron chi connectivity index (χ1n) is 9.56. The second-order valence-corrected chi connectivity index (χ2v) is 8.15. The number of amides is 1. The van der Waals surface area contributed by atoms with E-state index >= 15 is 0 Å². The van der Waals surface area contributed by atoms with Gasteiger partial charge in [0, 0.05) is 31.0 Å². The van der Waals surface area contributed by atoms with Gasteiger partial charge in [-0.3, -0.25) is 0 Å². The van der Waals surface area contributed by atoms with Crippen LogP contribution in [0, 0.1) is 18.7 Å². The van der Waals surface area contributed by atoms with Crippen molar-refractivity contribution in [3.05, 3.63) is 29.6 Å². The highest BCUT2D eigenvalue weighted by atomic mass is 19.1. The fourth-order valence-electron chi connectivity index (χ4n) is 3.89. The van der Waals surface area contributed by atoms with Gasteiger partial charge in [-0.1, -0.05) is 0 Å². The molecule has 2 aliphatic heterocycles. The molecule has 2 fully saturated rings. The summed E-state index contributed by atoms with van der Waals surface area (Å²) in [7, 11) is 1.25. The van der Waals surface area contributed by atoms with Crippen molar-refractivity contribution in [1.29, 1.82) is 0 Å². The molecule has 2 atom stereocenters. The van der Waals surface area contributed by atoms with Crippen molar-refractivity contribution in [2.75, 3.05) is 7.11 Å². The van der Waals surface area contributed by atoms with Gasteiger partial charge >= 0.3 is 12.1 Å². The van der Waals surface area contributed by atoms with Gasteiger partial charge in [-0.2, -0.15) is 0 Å². The molecule has 0 saturated carbocycles. The Labute approximate surface area is 171 Å². The number of hydrogen-bond donors (Lipinski definition) is 0. The van der Waals surface area contributed by atoms with Gasteiger partial charge in [0.25, 0.3) is 0 Å². The standard InChI is InChI=1S/C20H26FNO5.C2H2/c1-20(2,3)27-19(24)22-14-5-6-15(22)11-17(10-14)26-16-8-12(18(23)25-4)7-13(21)9-16;1-2/h7-9,14-15,17H,5-6,10-11H2,1-4H3;1-2H. The zero-order chi connectivity index (χ0) is 21.8. The molecule has 1 amide bonds. The van der Waals surface area contributed by atoms with Gasteiger partial charge < -0.3 is 19.1 Å². The van der Waals surface area contributed by atoms with Crippen LogP contribution in [0.4, 0.5) is 9.18 Å². The summed E-state index contributed by atoms with van der Waals surface area (Å²) in [5.41, 5.74) is -0.419. The number of hydrogen-bond acceptors (Lipinski definition) is 5. The third-order valence-electron chi connectivity index (χ3n) is 4.89. The van der Waals surface area contributed by atoms with E-state index in [9.17, 15) is 14.0 Å². The number of fused-ring (bicyclic) bond motifs is 2. The number of terminal acetylenes is 1. The van der Waals surface area contributed by atoms with Gasteiger partial charge in [0.1, 0.15) is 23.3 Å². The highest BCUT2D eigenvalue weighted by Crippen LogP contribution is 2.38. The molecule has 2 bridgehead atoms. The van der Waals surface area contributed by atoms with Gasteiger partial charge in [0.15, 0.2) is 0 Å². The minimum absolute atomic E-state index is 0.0530. The zero-order valence-electron chi connectivity index (χ0n) is 17.3. The summed E-state index contributed by atoms with van der Waals surface area (Å²) < 4.78 is 29.9. The summed E-state index contributed by atoms with van der Waals surface area (Å²) in [5.74, 6) is -0.869. The van der Waals surface area contributed by atoms with E-state index in [1.54, 1.807) is 0 Å². The minimum Gasteiger partial charge on any atom is -0.490 e. The summed E-state index contributed by atoms with van der Waals surface area (Å²) in [5, 5.41) is 0. The largest absolute Gasteiger partial charge is 0.490 e. The molecule has 2 aliphatic rings. The minimum atomic E-state index is -0.612. The average Bonchev–Trinajstić information content (AvgIpc) is 2.92. The number of carbonyl (C=O) groups excluding carboxylic acids is 2. The SMILES string of the molecule is C#C.COC(=O)c1cc(F)cc(OC2CC3CCC(C2)N3C(=O)OC(C)(C)C)c1. The summed E-state index contributed by atoms with van der Waals surface area (Å²) in [4.78, 5) is 26.0. The second-order valence-electron chi connectivity index (χ2n) is 8.15. The number of benzene rings is 1. The van der Waals surface area contributed by atoms with Crippen LogP contribution in [-0.4, -0.2) is 47.9 Å². The normalized spacial score (nSPS) is 22.9. The zero-order valence-corrected chi connectivity index (χ0v) is 17.3. The number of carbonyl (C=O) groups is 2. The summed E-state index contributed by atoms with van der Waals surface area (Å²) in [6.07, 6.45) is 10.7. The van der Waals surface area contributed by atoms with Crippen molar-refractivity contribution in [2.24, 2.45) is 0 Å². The molecule has 0 aliphatic carbocycles. The second kappa shape index (κ2) is 9.17. The number of methoxy groups -OCH3 is 1. The van der Waals surface area contributed by atoms with E-state index < -0.39 is 17.4 Å². The van der Waals surface area contributed by atoms with Crippen molar-refractivity contribution in [1.82, 2.24) is 4.90 Å². The third kappa shape index (κ3) is 5.63. The molecule has 6 nitrogen and oxygen atoms in total. The molecule has 2 unspecified atom stereocenters. The Balaban J connectivity index is 0.00000145. The van der Waals surface area contributed by atoms with E-state index in [1.807, 2.05) is 25.7 Å². The van der Waals surface area contributed by atoms with Crippen molar-refractivity contribution >= 4 is 12.1 Å². The van der Waals surface area contributed by atoms with Crippen LogP contribution in [-0.2, 0) is 9.47 Å². The molecule has 2 saturated heterocycles. The molecule has 1 aromatic rings. The molecule has 7 heteroatoms. The molecule has 3 rings (SSSR count). The first kappa shape index (κ1) is 22.5. The van der Waals surface area contributed by atoms with Crippen LogP contribution in [0.15, 0.2) is 18.2 Å². The molecule has 0 N–H and O–H groups in total. The molecule has 158 valence electrons. The molecule has 1 aromatic carbocycles. The molecule has 0 radical (unpaired) electrons. The monoisotopic (exact) mass is 405 g/mol. The lowest BCUT2D eigenvalue weighted by molar-refractivity contribution is -0.00715. The fraction of sp³-hybridized carbons (Fsp3) is 0.545. The molecule has 29 heavy (non-hydrogen) atoms. The van der Waals surface area contributed by atoms with Crippen LogP contribution in [0.5, 0.6) is 5.75 Å². The van der Waals surface area contributed by atoms with Crippen LogP contribution in [0.1, 0.15) is 56.8 Å². The maximum absolute atomic E-state index is 13.8. The predicted octanol–water partition coefficient (Wildman–Crippen LogP) is 4.17. The van der Waals surface area contributed by atoms with Crippen molar-refractivity contribution in [3.8, 4) is 18.6 Å². The van der Waals surface area contributed by atoms with Gasteiger partial charge in [-0.15, -0.1) is 12.8 Å². The first-order chi connectivity index (χ1) is 13.7. The fourth-order valence-corrected chi connectivity index (χ4v) is 3.89. The van der Waals surface area contributed by atoms with E-state index in [1.165, 1.54) is 19.2 Å². The van der Waals surface area contributed by atoms with E-state index in [0.29, 0.717) is 18.6 Å².